The Kier molecular flexibility index (Phi) is 8.13. The zero-order valence-corrected chi connectivity index (χ0v) is 14.8. The van der Waals surface area contributed by atoms with Crippen LogP contribution in [-0.4, -0.2) is 37.1 Å². The van der Waals surface area contributed by atoms with E-state index in [0.717, 1.165) is 29.7 Å². The van der Waals surface area contributed by atoms with E-state index in [4.69, 9.17) is 0 Å². The van der Waals surface area contributed by atoms with Gasteiger partial charge in [0, 0.05) is 19.1 Å². The van der Waals surface area contributed by atoms with Gasteiger partial charge in [0.1, 0.15) is 0 Å². The molecule has 1 saturated carbocycles. The van der Waals surface area contributed by atoms with Crippen molar-refractivity contribution in [1.29, 1.82) is 0 Å². The van der Waals surface area contributed by atoms with E-state index in [2.05, 4.69) is 51.8 Å². The first-order chi connectivity index (χ1) is 9.47. The van der Waals surface area contributed by atoms with E-state index >= 15 is 0 Å². The summed E-state index contributed by atoms with van der Waals surface area (Å²) in [7, 11) is 0. The molecule has 1 aliphatic carbocycles. The smallest absolute Gasteiger partial charge is 0.0113 e. The van der Waals surface area contributed by atoms with Crippen molar-refractivity contribution in [3.05, 3.63) is 0 Å². The largest absolute Gasteiger partial charge is 0.314 e. The van der Waals surface area contributed by atoms with Gasteiger partial charge in [-0.3, -0.25) is 0 Å². The van der Waals surface area contributed by atoms with Crippen molar-refractivity contribution < 1.29 is 0 Å². The molecule has 1 rings (SSSR count). The molecule has 0 saturated heterocycles. The van der Waals surface area contributed by atoms with Gasteiger partial charge in [-0.05, 0) is 56.0 Å². The van der Waals surface area contributed by atoms with Crippen LogP contribution >= 0.6 is 0 Å². The second-order valence-corrected chi connectivity index (χ2v) is 7.52. The van der Waals surface area contributed by atoms with Crippen molar-refractivity contribution in [3.63, 3.8) is 0 Å². The molecule has 0 bridgehead atoms. The van der Waals surface area contributed by atoms with Gasteiger partial charge in [-0.25, -0.2) is 0 Å². The van der Waals surface area contributed by atoms with Crippen molar-refractivity contribution in [2.75, 3.05) is 26.2 Å². The first-order valence-electron chi connectivity index (χ1n) is 8.93. The maximum absolute atomic E-state index is 3.84. The molecule has 0 aromatic heterocycles. The zero-order chi connectivity index (χ0) is 15.1. The summed E-state index contributed by atoms with van der Waals surface area (Å²) in [5, 5.41) is 3.84. The van der Waals surface area contributed by atoms with Crippen LogP contribution in [0.5, 0.6) is 0 Å². The summed E-state index contributed by atoms with van der Waals surface area (Å²) in [5.41, 5.74) is 0. The lowest BCUT2D eigenvalue weighted by Gasteiger charge is -2.42. The Morgan fingerprint density at radius 1 is 1.15 bits per heavy atom. The number of rotatable bonds is 8. The SMILES string of the molecule is CCCNC1CC(C)CC(C)C1CN(CC)CC(C)C. The maximum atomic E-state index is 3.84. The highest BCUT2D eigenvalue weighted by molar-refractivity contribution is 4.89. The number of hydrogen-bond donors (Lipinski definition) is 1. The molecule has 120 valence electrons. The summed E-state index contributed by atoms with van der Waals surface area (Å²) >= 11 is 0. The number of nitrogens with zero attached hydrogens (tertiary/aromatic N) is 1. The van der Waals surface area contributed by atoms with Crippen LogP contribution in [0.2, 0.25) is 0 Å². The maximum Gasteiger partial charge on any atom is 0.0113 e. The lowest BCUT2D eigenvalue weighted by molar-refractivity contribution is 0.0979. The molecule has 0 amide bonds. The van der Waals surface area contributed by atoms with Gasteiger partial charge in [-0.1, -0.05) is 41.5 Å². The van der Waals surface area contributed by atoms with Gasteiger partial charge in [0.25, 0.3) is 0 Å². The van der Waals surface area contributed by atoms with Crippen molar-refractivity contribution in [1.82, 2.24) is 10.2 Å². The Hall–Kier alpha value is -0.0800. The van der Waals surface area contributed by atoms with Crippen molar-refractivity contribution in [3.8, 4) is 0 Å². The van der Waals surface area contributed by atoms with Gasteiger partial charge < -0.3 is 10.2 Å². The van der Waals surface area contributed by atoms with Gasteiger partial charge in [-0.2, -0.15) is 0 Å². The van der Waals surface area contributed by atoms with Crippen LogP contribution in [0.25, 0.3) is 0 Å². The van der Waals surface area contributed by atoms with Gasteiger partial charge in [0.2, 0.25) is 0 Å². The molecule has 4 atom stereocenters. The lowest BCUT2D eigenvalue weighted by atomic mass is 9.72. The fraction of sp³-hybridized carbons (Fsp3) is 1.00. The minimum Gasteiger partial charge on any atom is -0.314 e. The Balaban J connectivity index is 2.64. The molecule has 0 spiro atoms. The molecule has 4 unspecified atom stereocenters. The molecule has 1 aliphatic rings. The average Bonchev–Trinajstić information content (AvgIpc) is 2.37. The molecule has 2 nitrogen and oxygen atoms in total. The number of hydrogen-bond acceptors (Lipinski definition) is 2. The van der Waals surface area contributed by atoms with Crippen LogP contribution in [0.4, 0.5) is 0 Å². The van der Waals surface area contributed by atoms with Crippen LogP contribution in [0.3, 0.4) is 0 Å². The summed E-state index contributed by atoms with van der Waals surface area (Å²) in [4.78, 5) is 2.67. The Bertz CT molecular complexity index is 252. The average molecular weight is 283 g/mol. The first-order valence-corrected chi connectivity index (χ1v) is 8.93. The van der Waals surface area contributed by atoms with E-state index in [1.165, 1.54) is 45.4 Å². The predicted octanol–water partition coefficient (Wildman–Crippen LogP) is 4.01. The Morgan fingerprint density at radius 2 is 1.85 bits per heavy atom. The van der Waals surface area contributed by atoms with Gasteiger partial charge >= 0.3 is 0 Å². The van der Waals surface area contributed by atoms with Crippen LogP contribution < -0.4 is 5.32 Å². The van der Waals surface area contributed by atoms with Gasteiger partial charge in [0.05, 0.1) is 0 Å². The molecule has 0 heterocycles. The molecule has 1 N–H and O–H groups in total. The molecule has 0 aliphatic heterocycles. The van der Waals surface area contributed by atoms with Crippen molar-refractivity contribution in [2.24, 2.45) is 23.7 Å². The normalized spacial score (nSPS) is 31.2. The molecular weight excluding hydrogens is 244 g/mol. The second-order valence-electron chi connectivity index (χ2n) is 7.52. The highest BCUT2D eigenvalue weighted by atomic mass is 15.1. The Morgan fingerprint density at radius 3 is 2.40 bits per heavy atom. The van der Waals surface area contributed by atoms with Crippen LogP contribution in [0.1, 0.15) is 60.8 Å². The lowest BCUT2D eigenvalue weighted by Crippen LogP contribution is -2.49. The third-order valence-electron chi connectivity index (χ3n) is 4.87. The topological polar surface area (TPSA) is 15.3 Å². The molecule has 2 heteroatoms. The van der Waals surface area contributed by atoms with Crippen LogP contribution in [0.15, 0.2) is 0 Å². The molecule has 0 radical (unpaired) electrons. The highest BCUT2D eigenvalue weighted by Gasteiger charge is 2.34. The first kappa shape index (κ1) is 18.0. The minimum absolute atomic E-state index is 0.731. The van der Waals surface area contributed by atoms with Crippen LogP contribution in [0, 0.1) is 23.7 Å². The molecule has 0 aromatic carbocycles. The van der Waals surface area contributed by atoms with Crippen molar-refractivity contribution >= 4 is 0 Å². The fourth-order valence-corrected chi connectivity index (χ4v) is 3.93. The third-order valence-corrected chi connectivity index (χ3v) is 4.87. The molecule has 20 heavy (non-hydrogen) atoms. The standard InChI is InChI=1S/C18H38N2/c1-7-9-19-18-11-15(5)10-16(6)17(18)13-20(8-2)12-14(3)4/h14-19H,7-13H2,1-6H3. The summed E-state index contributed by atoms with van der Waals surface area (Å²) in [5.74, 6) is 3.34. The fourth-order valence-electron chi connectivity index (χ4n) is 3.93. The Labute approximate surface area is 127 Å². The van der Waals surface area contributed by atoms with E-state index < -0.39 is 0 Å². The summed E-state index contributed by atoms with van der Waals surface area (Å²) in [6, 6.07) is 0.731. The van der Waals surface area contributed by atoms with E-state index in [0.29, 0.717) is 0 Å². The molecular formula is C18H38N2. The van der Waals surface area contributed by atoms with Crippen molar-refractivity contribution in [2.45, 2.75) is 66.8 Å². The second kappa shape index (κ2) is 9.04. The zero-order valence-electron chi connectivity index (χ0n) is 14.8. The third kappa shape index (κ3) is 5.73. The quantitative estimate of drug-likeness (QED) is 0.723. The minimum atomic E-state index is 0.731. The summed E-state index contributed by atoms with van der Waals surface area (Å²) in [6.45, 7) is 19.1. The van der Waals surface area contributed by atoms with Gasteiger partial charge in [0.15, 0.2) is 0 Å². The van der Waals surface area contributed by atoms with Crippen LogP contribution in [-0.2, 0) is 0 Å². The monoisotopic (exact) mass is 282 g/mol. The van der Waals surface area contributed by atoms with E-state index in [-0.39, 0.29) is 0 Å². The van der Waals surface area contributed by atoms with E-state index in [1.807, 2.05) is 0 Å². The summed E-state index contributed by atoms with van der Waals surface area (Å²) in [6.07, 6.45) is 4.03. The summed E-state index contributed by atoms with van der Waals surface area (Å²) < 4.78 is 0. The predicted molar refractivity (Wildman–Crippen MR) is 90.1 cm³/mol. The van der Waals surface area contributed by atoms with Gasteiger partial charge in [-0.15, -0.1) is 0 Å². The van der Waals surface area contributed by atoms with E-state index in [9.17, 15) is 0 Å². The highest BCUT2D eigenvalue weighted by Crippen LogP contribution is 2.34. The molecule has 1 fully saturated rings. The number of nitrogens with one attached hydrogen (secondary N) is 1. The van der Waals surface area contributed by atoms with E-state index in [1.54, 1.807) is 0 Å². The molecule has 0 aromatic rings.